The van der Waals surface area contributed by atoms with Crippen LogP contribution in [0.25, 0.3) is 11.0 Å². The summed E-state index contributed by atoms with van der Waals surface area (Å²) < 4.78 is 5.42. The molecule has 0 saturated heterocycles. The first-order valence-corrected chi connectivity index (χ1v) is 10.1. The van der Waals surface area contributed by atoms with Gasteiger partial charge < -0.3 is 14.6 Å². The number of rotatable bonds is 7. The molecule has 0 bridgehead atoms. The third kappa shape index (κ3) is 4.51. The van der Waals surface area contributed by atoms with Gasteiger partial charge in [-0.25, -0.2) is 4.79 Å². The predicted molar refractivity (Wildman–Crippen MR) is 114 cm³/mol. The minimum atomic E-state index is -0.274. The molecule has 4 nitrogen and oxygen atoms in total. The summed E-state index contributed by atoms with van der Waals surface area (Å²) in [5.74, 6) is 0. The van der Waals surface area contributed by atoms with Crippen LogP contribution < -0.4 is 15.8 Å². The number of benzene rings is 2. The molecule has 0 aliphatic carbocycles. The standard InChI is InChI=1S/C24H30N2O2/c1-6-18-7-9-19(10-8-18)22(26(4)5)15-25-14-20-13-24(27)28-23-12-17(3)16(2)11-21(20)23/h7-13,22,25H,6,14-15H2,1-5H3/p+2/t22-/m1/s1. The number of hydrogen-bond acceptors (Lipinski definition) is 2. The fourth-order valence-electron chi connectivity index (χ4n) is 3.75. The Morgan fingerprint density at radius 3 is 2.36 bits per heavy atom. The van der Waals surface area contributed by atoms with Crippen LogP contribution in [-0.4, -0.2) is 20.6 Å². The van der Waals surface area contributed by atoms with E-state index >= 15 is 0 Å². The van der Waals surface area contributed by atoms with E-state index in [1.54, 1.807) is 6.07 Å². The number of quaternary nitrogens is 2. The van der Waals surface area contributed by atoms with Gasteiger partial charge in [0.15, 0.2) is 6.04 Å². The Morgan fingerprint density at radius 1 is 1.04 bits per heavy atom. The molecule has 3 rings (SSSR count). The van der Waals surface area contributed by atoms with Gasteiger partial charge in [-0.1, -0.05) is 31.2 Å². The summed E-state index contributed by atoms with van der Waals surface area (Å²) in [7, 11) is 4.40. The Morgan fingerprint density at radius 2 is 1.71 bits per heavy atom. The van der Waals surface area contributed by atoms with Crippen LogP contribution in [-0.2, 0) is 13.0 Å². The van der Waals surface area contributed by atoms with E-state index in [9.17, 15) is 4.79 Å². The van der Waals surface area contributed by atoms with Crippen LogP contribution in [0.15, 0.2) is 51.7 Å². The number of likely N-dealkylation sites (N-methyl/N-ethyl adjacent to an activating group) is 1. The average molecular weight is 381 g/mol. The predicted octanol–water partition coefficient (Wildman–Crippen LogP) is 1.92. The van der Waals surface area contributed by atoms with Crippen LogP contribution in [0.3, 0.4) is 0 Å². The third-order valence-electron chi connectivity index (χ3n) is 5.70. The first-order valence-electron chi connectivity index (χ1n) is 10.1. The Bertz CT molecular complexity index is 1000. The van der Waals surface area contributed by atoms with E-state index in [-0.39, 0.29) is 5.63 Å². The number of nitrogens with two attached hydrogens (primary N) is 1. The molecule has 1 atom stereocenters. The zero-order valence-electron chi connectivity index (χ0n) is 17.6. The number of fused-ring (bicyclic) bond motifs is 1. The van der Waals surface area contributed by atoms with Crippen molar-refractivity contribution in [2.45, 2.75) is 39.8 Å². The molecule has 0 spiro atoms. The maximum atomic E-state index is 12.0. The minimum Gasteiger partial charge on any atom is -0.423 e. The van der Waals surface area contributed by atoms with Crippen LogP contribution >= 0.6 is 0 Å². The first-order chi connectivity index (χ1) is 13.4. The molecule has 1 aromatic heterocycles. The van der Waals surface area contributed by atoms with Crippen molar-refractivity contribution in [1.29, 1.82) is 0 Å². The monoisotopic (exact) mass is 380 g/mol. The van der Waals surface area contributed by atoms with Crippen LogP contribution in [0, 0.1) is 13.8 Å². The highest BCUT2D eigenvalue weighted by molar-refractivity contribution is 5.81. The quantitative estimate of drug-likeness (QED) is 0.616. The summed E-state index contributed by atoms with van der Waals surface area (Å²) in [6.45, 7) is 8.05. The SMILES string of the molecule is CCc1ccc([C@@H](C[NH2+]Cc2cc(=O)oc3cc(C)c(C)cc23)[NH+](C)C)cc1. The Kier molecular flexibility index (Phi) is 6.32. The van der Waals surface area contributed by atoms with Crippen molar-refractivity contribution < 1.29 is 14.6 Å². The molecular weight excluding hydrogens is 348 g/mol. The highest BCUT2D eigenvalue weighted by atomic mass is 16.4. The van der Waals surface area contributed by atoms with Gasteiger partial charge in [-0.15, -0.1) is 0 Å². The molecule has 148 valence electrons. The molecule has 3 N–H and O–H groups in total. The molecule has 2 aromatic carbocycles. The maximum absolute atomic E-state index is 12.0. The van der Waals surface area contributed by atoms with Gasteiger partial charge in [0.1, 0.15) is 18.7 Å². The van der Waals surface area contributed by atoms with Gasteiger partial charge in [0.05, 0.1) is 14.1 Å². The molecule has 0 amide bonds. The molecule has 0 fully saturated rings. The van der Waals surface area contributed by atoms with Crippen molar-refractivity contribution in [3.63, 3.8) is 0 Å². The fourth-order valence-corrected chi connectivity index (χ4v) is 3.75. The lowest BCUT2D eigenvalue weighted by atomic mass is 10.0. The second kappa shape index (κ2) is 8.72. The number of nitrogens with one attached hydrogen (secondary N) is 1. The zero-order valence-corrected chi connectivity index (χ0v) is 17.6. The second-order valence-corrected chi connectivity index (χ2v) is 7.98. The van der Waals surface area contributed by atoms with Crippen molar-refractivity contribution in [2.24, 2.45) is 0 Å². The normalized spacial score (nSPS) is 12.6. The van der Waals surface area contributed by atoms with Crippen LogP contribution in [0.5, 0.6) is 0 Å². The van der Waals surface area contributed by atoms with E-state index in [1.807, 2.05) is 13.0 Å². The highest BCUT2D eigenvalue weighted by Gasteiger charge is 2.20. The fraction of sp³-hybridized carbons (Fsp3) is 0.375. The van der Waals surface area contributed by atoms with Crippen LogP contribution in [0.4, 0.5) is 0 Å². The van der Waals surface area contributed by atoms with Crippen molar-refractivity contribution in [1.82, 2.24) is 0 Å². The summed E-state index contributed by atoms with van der Waals surface area (Å²) in [6, 6.07) is 15.1. The van der Waals surface area contributed by atoms with Gasteiger partial charge >= 0.3 is 5.63 Å². The summed E-state index contributed by atoms with van der Waals surface area (Å²) in [4.78, 5) is 13.4. The molecule has 0 unspecified atom stereocenters. The minimum absolute atomic E-state index is 0.274. The van der Waals surface area contributed by atoms with Crippen LogP contribution in [0.2, 0.25) is 0 Å². The molecule has 0 saturated carbocycles. The number of aryl methyl sites for hydroxylation is 3. The molecular formula is C24H32N2O2+2. The largest absolute Gasteiger partial charge is 0.423 e. The number of hydrogen-bond donors (Lipinski definition) is 2. The van der Waals surface area contributed by atoms with E-state index < -0.39 is 0 Å². The Hall–Kier alpha value is -2.43. The van der Waals surface area contributed by atoms with Gasteiger partial charge in [0.25, 0.3) is 0 Å². The van der Waals surface area contributed by atoms with Gasteiger partial charge in [0, 0.05) is 22.6 Å². The maximum Gasteiger partial charge on any atom is 0.336 e. The average Bonchev–Trinajstić information content (AvgIpc) is 2.66. The van der Waals surface area contributed by atoms with E-state index in [0.717, 1.165) is 36.0 Å². The van der Waals surface area contributed by atoms with Crippen molar-refractivity contribution >= 4 is 11.0 Å². The molecule has 1 heterocycles. The highest BCUT2D eigenvalue weighted by Crippen LogP contribution is 2.21. The third-order valence-corrected chi connectivity index (χ3v) is 5.70. The van der Waals surface area contributed by atoms with Crippen molar-refractivity contribution in [2.75, 3.05) is 20.6 Å². The first kappa shape index (κ1) is 20.3. The lowest BCUT2D eigenvalue weighted by molar-refractivity contribution is -0.910. The second-order valence-electron chi connectivity index (χ2n) is 7.98. The smallest absolute Gasteiger partial charge is 0.336 e. The van der Waals surface area contributed by atoms with Gasteiger partial charge in [-0.2, -0.15) is 0 Å². The Balaban J connectivity index is 1.78. The molecule has 0 radical (unpaired) electrons. The summed E-state index contributed by atoms with van der Waals surface area (Å²) in [6.07, 6.45) is 1.06. The summed E-state index contributed by atoms with van der Waals surface area (Å²) in [5, 5.41) is 3.34. The van der Waals surface area contributed by atoms with E-state index in [0.29, 0.717) is 11.6 Å². The summed E-state index contributed by atoms with van der Waals surface area (Å²) >= 11 is 0. The zero-order chi connectivity index (χ0) is 20.3. The molecule has 0 aliphatic heterocycles. The van der Waals surface area contributed by atoms with Crippen molar-refractivity contribution in [3.05, 3.63) is 80.7 Å². The van der Waals surface area contributed by atoms with E-state index in [2.05, 4.69) is 63.6 Å². The Labute approximate surface area is 167 Å². The lowest BCUT2D eigenvalue weighted by Gasteiger charge is -2.21. The topological polar surface area (TPSA) is 51.3 Å². The van der Waals surface area contributed by atoms with Crippen molar-refractivity contribution in [3.8, 4) is 0 Å². The van der Waals surface area contributed by atoms with Crippen LogP contribution in [0.1, 0.15) is 40.8 Å². The molecule has 3 aromatic rings. The molecule has 4 heteroatoms. The molecule has 28 heavy (non-hydrogen) atoms. The van der Waals surface area contributed by atoms with E-state index in [1.165, 1.54) is 21.6 Å². The summed E-state index contributed by atoms with van der Waals surface area (Å²) in [5.41, 5.74) is 6.54. The molecule has 0 aliphatic rings. The van der Waals surface area contributed by atoms with E-state index in [4.69, 9.17) is 4.42 Å². The lowest BCUT2D eigenvalue weighted by Crippen LogP contribution is -3.09. The van der Waals surface area contributed by atoms with Gasteiger partial charge in [-0.3, -0.25) is 0 Å². The van der Waals surface area contributed by atoms with Gasteiger partial charge in [-0.05, 0) is 49.1 Å². The van der Waals surface area contributed by atoms with Gasteiger partial charge in [0.2, 0.25) is 0 Å².